The van der Waals surface area contributed by atoms with Crippen molar-refractivity contribution in [3.8, 4) is 5.75 Å². The molecule has 8 heteroatoms. The molecule has 0 bridgehead atoms. The van der Waals surface area contributed by atoms with Gasteiger partial charge in [-0.05, 0) is 31.9 Å². The molecule has 148 valence electrons. The molecule has 0 radical (unpaired) electrons. The van der Waals surface area contributed by atoms with Gasteiger partial charge in [0.25, 0.3) is 0 Å². The fourth-order valence-corrected chi connectivity index (χ4v) is 4.06. The summed E-state index contributed by atoms with van der Waals surface area (Å²) >= 11 is 7.60. The zero-order valence-electron chi connectivity index (χ0n) is 16.5. The SMILES string of the molecule is CCC(CC)n1c(COc2ccccc2Cl)nnc1SC(C)C(=O)N(C)C. The largest absolute Gasteiger partial charge is 0.484 e. The van der Waals surface area contributed by atoms with Gasteiger partial charge in [0.05, 0.1) is 10.3 Å². The lowest BCUT2D eigenvalue weighted by Crippen LogP contribution is -2.30. The van der Waals surface area contributed by atoms with Crippen molar-refractivity contribution in [3.05, 3.63) is 35.1 Å². The monoisotopic (exact) mass is 410 g/mol. The number of aromatic nitrogens is 3. The van der Waals surface area contributed by atoms with Crippen LogP contribution in [0.1, 0.15) is 45.5 Å². The van der Waals surface area contributed by atoms with Crippen LogP contribution >= 0.6 is 23.4 Å². The Kier molecular flexibility index (Phi) is 7.98. The van der Waals surface area contributed by atoms with E-state index in [-0.39, 0.29) is 23.8 Å². The number of hydrogen-bond donors (Lipinski definition) is 0. The molecular formula is C19H27ClN4O2S. The van der Waals surface area contributed by atoms with Gasteiger partial charge < -0.3 is 14.2 Å². The molecule has 1 aromatic carbocycles. The standard InChI is InChI=1S/C19H27ClN4O2S/c1-6-14(7-2)24-17(12-26-16-11-9-8-10-15(16)20)21-22-19(24)27-13(3)18(25)23(4)5/h8-11,13-14H,6-7,12H2,1-5H3. The summed E-state index contributed by atoms with van der Waals surface area (Å²) in [5, 5.41) is 9.74. The predicted octanol–water partition coefficient (Wildman–Crippen LogP) is 4.44. The fourth-order valence-electron chi connectivity index (χ4n) is 2.78. The minimum atomic E-state index is -0.241. The molecule has 0 saturated carbocycles. The van der Waals surface area contributed by atoms with E-state index in [2.05, 4.69) is 28.6 Å². The van der Waals surface area contributed by atoms with Crippen LogP contribution in [-0.2, 0) is 11.4 Å². The number of para-hydroxylation sites is 1. The van der Waals surface area contributed by atoms with Crippen LogP contribution in [0.4, 0.5) is 0 Å². The average Bonchev–Trinajstić information content (AvgIpc) is 3.04. The van der Waals surface area contributed by atoms with Gasteiger partial charge in [0.15, 0.2) is 11.0 Å². The van der Waals surface area contributed by atoms with E-state index >= 15 is 0 Å². The molecule has 27 heavy (non-hydrogen) atoms. The lowest BCUT2D eigenvalue weighted by atomic mass is 10.2. The first kappa shape index (κ1) is 21.6. The number of amides is 1. The minimum Gasteiger partial charge on any atom is -0.484 e. The summed E-state index contributed by atoms with van der Waals surface area (Å²) in [6.07, 6.45) is 1.88. The Morgan fingerprint density at radius 1 is 1.26 bits per heavy atom. The highest BCUT2D eigenvalue weighted by Crippen LogP contribution is 2.30. The Balaban J connectivity index is 2.25. The number of carbonyl (C=O) groups excluding carboxylic acids is 1. The molecule has 6 nitrogen and oxygen atoms in total. The maximum atomic E-state index is 12.2. The first-order valence-electron chi connectivity index (χ1n) is 9.07. The normalized spacial score (nSPS) is 12.3. The molecule has 0 N–H and O–H groups in total. The highest BCUT2D eigenvalue weighted by atomic mass is 35.5. The molecule has 0 saturated heterocycles. The van der Waals surface area contributed by atoms with Crippen LogP contribution < -0.4 is 4.74 Å². The van der Waals surface area contributed by atoms with Gasteiger partial charge in [-0.15, -0.1) is 10.2 Å². The number of benzene rings is 1. The molecule has 0 aliphatic carbocycles. The second kappa shape index (κ2) is 9.99. The van der Waals surface area contributed by atoms with E-state index in [4.69, 9.17) is 16.3 Å². The van der Waals surface area contributed by atoms with Crippen molar-refractivity contribution >= 4 is 29.3 Å². The number of ether oxygens (including phenoxy) is 1. The number of thioether (sulfide) groups is 1. The highest BCUT2D eigenvalue weighted by molar-refractivity contribution is 8.00. The minimum absolute atomic E-state index is 0.0490. The zero-order chi connectivity index (χ0) is 20.0. The molecular weight excluding hydrogens is 384 g/mol. The van der Waals surface area contributed by atoms with Gasteiger partial charge in [-0.25, -0.2) is 0 Å². The molecule has 1 unspecified atom stereocenters. The second-order valence-electron chi connectivity index (χ2n) is 6.45. The van der Waals surface area contributed by atoms with E-state index in [1.165, 1.54) is 11.8 Å². The summed E-state index contributed by atoms with van der Waals surface area (Å²) in [6, 6.07) is 7.60. The van der Waals surface area contributed by atoms with E-state index in [1.807, 2.05) is 25.1 Å². The molecule has 1 aromatic heterocycles. The van der Waals surface area contributed by atoms with Crippen LogP contribution in [0, 0.1) is 0 Å². The van der Waals surface area contributed by atoms with Crippen molar-refractivity contribution in [1.82, 2.24) is 19.7 Å². The summed E-state index contributed by atoms with van der Waals surface area (Å²) in [5.41, 5.74) is 0. The second-order valence-corrected chi connectivity index (χ2v) is 8.17. The highest BCUT2D eigenvalue weighted by Gasteiger charge is 2.24. The predicted molar refractivity (Wildman–Crippen MR) is 109 cm³/mol. The maximum absolute atomic E-state index is 12.2. The van der Waals surface area contributed by atoms with Gasteiger partial charge in [0.1, 0.15) is 12.4 Å². The third-order valence-electron chi connectivity index (χ3n) is 4.31. The molecule has 1 atom stereocenters. The number of hydrogen-bond acceptors (Lipinski definition) is 5. The Labute approximate surface area is 170 Å². The van der Waals surface area contributed by atoms with E-state index < -0.39 is 0 Å². The van der Waals surface area contributed by atoms with Crippen molar-refractivity contribution in [2.45, 2.75) is 56.7 Å². The Hall–Kier alpha value is -1.73. The fraction of sp³-hybridized carbons (Fsp3) is 0.526. The first-order chi connectivity index (χ1) is 12.9. The summed E-state index contributed by atoms with van der Waals surface area (Å²) in [5.74, 6) is 1.40. The molecule has 2 rings (SSSR count). The molecule has 0 aliphatic heterocycles. The number of halogens is 1. The zero-order valence-corrected chi connectivity index (χ0v) is 18.0. The summed E-state index contributed by atoms with van der Waals surface area (Å²) in [4.78, 5) is 13.8. The maximum Gasteiger partial charge on any atom is 0.235 e. The summed E-state index contributed by atoms with van der Waals surface area (Å²) in [6.45, 7) is 6.42. The lowest BCUT2D eigenvalue weighted by molar-refractivity contribution is -0.127. The van der Waals surface area contributed by atoms with Crippen molar-refractivity contribution in [2.75, 3.05) is 14.1 Å². The summed E-state index contributed by atoms with van der Waals surface area (Å²) in [7, 11) is 3.52. The quantitative estimate of drug-likeness (QED) is 0.572. The molecule has 0 spiro atoms. The van der Waals surface area contributed by atoms with Crippen molar-refractivity contribution < 1.29 is 9.53 Å². The van der Waals surface area contributed by atoms with Gasteiger partial charge >= 0.3 is 0 Å². The summed E-state index contributed by atoms with van der Waals surface area (Å²) < 4.78 is 7.97. The van der Waals surface area contributed by atoms with Crippen molar-refractivity contribution in [1.29, 1.82) is 0 Å². The van der Waals surface area contributed by atoms with Crippen molar-refractivity contribution in [3.63, 3.8) is 0 Å². The van der Waals surface area contributed by atoms with Gasteiger partial charge in [-0.3, -0.25) is 4.79 Å². The number of rotatable bonds is 9. The molecule has 1 amide bonds. The first-order valence-corrected chi connectivity index (χ1v) is 10.3. The van der Waals surface area contributed by atoms with E-state index in [9.17, 15) is 4.79 Å². The number of carbonyl (C=O) groups is 1. The third-order valence-corrected chi connectivity index (χ3v) is 5.66. The van der Waals surface area contributed by atoms with Gasteiger partial charge in [0.2, 0.25) is 5.91 Å². The van der Waals surface area contributed by atoms with Crippen LogP contribution in [0.25, 0.3) is 0 Å². The smallest absolute Gasteiger partial charge is 0.235 e. The molecule has 0 fully saturated rings. The van der Waals surface area contributed by atoms with Gasteiger partial charge in [-0.2, -0.15) is 0 Å². The Morgan fingerprint density at radius 2 is 1.93 bits per heavy atom. The van der Waals surface area contributed by atoms with Crippen LogP contribution in [0.2, 0.25) is 5.02 Å². The number of nitrogens with zero attached hydrogens (tertiary/aromatic N) is 4. The Morgan fingerprint density at radius 3 is 2.52 bits per heavy atom. The van der Waals surface area contributed by atoms with Crippen LogP contribution in [0.15, 0.2) is 29.4 Å². The topological polar surface area (TPSA) is 60.2 Å². The average molecular weight is 411 g/mol. The van der Waals surface area contributed by atoms with E-state index in [0.29, 0.717) is 10.8 Å². The van der Waals surface area contributed by atoms with Crippen LogP contribution in [-0.4, -0.2) is 44.9 Å². The van der Waals surface area contributed by atoms with E-state index in [1.54, 1.807) is 25.1 Å². The lowest BCUT2D eigenvalue weighted by Gasteiger charge is -2.21. The van der Waals surface area contributed by atoms with Crippen molar-refractivity contribution in [2.24, 2.45) is 0 Å². The Bertz CT molecular complexity index is 762. The molecule has 0 aliphatic rings. The van der Waals surface area contributed by atoms with Crippen LogP contribution in [0.3, 0.4) is 0 Å². The molecule has 2 aromatic rings. The van der Waals surface area contributed by atoms with Gasteiger partial charge in [-0.1, -0.05) is 49.3 Å². The van der Waals surface area contributed by atoms with Gasteiger partial charge in [0, 0.05) is 20.1 Å². The third kappa shape index (κ3) is 5.39. The van der Waals surface area contributed by atoms with Crippen LogP contribution in [0.5, 0.6) is 5.75 Å². The molecule has 1 heterocycles. The van der Waals surface area contributed by atoms with E-state index in [0.717, 1.165) is 23.8 Å².